The Morgan fingerprint density at radius 2 is 1.79 bits per heavy atom. The van der Waals surface area contributed by atoms with Crippen LogP contribution in [-0.2, 0) is 9.84 Å². The van der Waals surface area contributed by atoms with Crippen LogP contribution in [0.25, 0.3) is 11.1 Å². The molecule has 0 spiro atoms. The van der Waals surface area contributed by atoms with E-state index in [0.717, 1.165) is 11.1 Å². The van der Waals surface area contributed by atoms with Gasteiger partial charge < -0.3 is 9.47 Å². The molecule has 1 heterocycles. The zero-order valence-electron chi connectivity index (χ0n) is 10.2. The summed E-state index contributed by atoms with van der Waals surface area (Å²) in [5, 5.41) is 0. The van der Waals surface area contributed by atoms with Crippen molar-refractivity contribution in [2.24, 2.45) is 0 Å². The van der Waals surface area contributed by atoms with E-state index in [9.17, 15) is 8.42 Å². The highest BCUT2D eigenvalue weighted by Crippen LogP contribution is 2.35. The third-order valence-corrected chi connectivity index (χ3v) is 4.03. The fourth-order valence-corrected chi connectivity index (χ4v) is 2.52. The Labute approximate surface area is 111 Å². The van der Waals surface area contributed by atoms with Gasteiger partial charge in [0.1, 0.15) is 0 Å². The summed E-state index contributed by atoms with van der Waals surface area (Å²) in [5.74, 6) is 1.36. The van der Waals surface area contributed by atoms with Gasteiger partial charge in [-0.15, -0.1) is 0 Å². The summed E-state index contributed by atoms with van der Waals surface area (Å²) in [6.45, 7) is 0.222. The standard InChI is InChI=1S/C14H11O4S/c1-19(15,16)12-5-2-10(3-6-12)11-4-7-13-14(8-11)18-9-17-13/h2-3,5-8H,9H2,1H3. The van der Waals surface area contributed by atoms with Crippen LogP contribution in [0.15, 0.2) is 41.3 Å². The molecule has 0 unspecified atom stereocenters. The van der Waals surface area contributed by atoms with Gasteiger partial charge in [-0.2, -0.15) is 0 Å². The van der Waals surface area contributed by atoms with Gasteiger partial charge in [-0.1, -0.05) is 12.1 Å². The molecule has 97 valence electrons. The van der Waals surface area contributed by atoms with Gasteiger partial charge in [0.15, 0.2) is 21.3 Å². The molecule has 0 fully saturated rings. The molecule has 2 aromatic rings. The van der Waals surface area contributed by atoms with Gasteiger partial charge >= 0.3 is 0 Å². The number of fused-ring (bicyclic) bond motifs is 1. The Morgan fingerprint density at radius 3 is 2.47 bits per heavy atom. The largest absolute Gasteiger partial charge is 0.454 e. The van der Waals surface area contributed by atoms with Gasteiger partial charge in [0.05, 0.1) is 4.90 Å². The lowest BCUT2D eigenvalue weighted by Gasteiger charge is -2.04. The van der Waals surface area contributed by atoms with Crippen LogP contribution < -0.4 is 9.47 Å². The van der Waals surface area contributed by atoms with E-state index in [4.69, 9.17) is 9.47 Å². The van der Waals surface area contributed by atoms with Crippen molar-refractivity contribution in [1.82, 2.24) is 0 Å². The van der Waals surface area contributed by atoms with E-state index >= 15 is 0 Å². The highest BCUT2D eigenvalue weighted by Gasteiger charge is 2.14. The molecule has 4 nitrogen and oxygen atoms in total. The molecular formula is C14H11O4S. The minimum absolute atomic E-state index is 0.222. The lowest BCUT2D eigenvalue weighted by molar-refractivity contribution is 0.174. The van der Waals surface area contributed by atoms with Crippen LogP contribution in [0.1, 0.15) is 0 Å². The number of benzene rings is 2. The molecule has 0 N–H and O–H groups in total. The Bertz CT molecular complexity index is 718. The zero-order valence-corrected chi connectivity index (χ0v) is 11.0. The molecule has 1 aliphatic heterocycles. The summed E-state index contributed by atoms with van der Waals surface area (Å²) in [4.78, 5) is 0.303. The second kappa shape index (κ2) is 4.28. The van der Waals surface area contributed by atoms with E-state index in [1.165, 1.54) is 6.26 Å². The van der Waals surface area contributed by atoms with Crippen molar-refractivity contribution in [3.63, 3.8) is 0 Å². The molecule has 0 aromatic heterocycles. The molecule has 1 aliphatic rings. The van der Waals surface area contributed by atoms with E-state index in [1.54, 1.807) is 30.3 Å². The van der Waals surface area contributed by atoms with Crippen LogP contribution in [-0.4, -0.2) is 21.5 Å². The first-order valence-electron chi connectivity index (χ1n) is 5.66. The van der Waals surface area contributed by atoms with E-state index in [0.29, 0.717) is 16.4 Å². The second-order valence-electron chi connectivity index (χ2n) is 4.28. The van der Waals surface area contributed by atoms with E-state index in [1.807, 2.05) is 6.07 Å². The van der Waals surface area contributed by atoms with E-state index in [2.05, 4.69) is 6.07 Å². The Kier molecular flexibility index (Phi) is 2.71. The molecule has 0 saturated heterocycles. The van der Waals surface area contributed by atoms with E-state index < -0.39 is 9.84 Å². The maximum atomic E-state index is 11.4. The first-order chi connectivity index (χ1) is 9.04. The van der Waals surface area contributed by atoms with Gasteiger partial charge in [0.25, 0.3) is 0 Å². The minimum atomic E-state index is -3.17. The summed E-state index contributed by atoms with van der Waals surface area (Å²) in [6, 6.07) is 13.3. The molecule has 3 rings (SSSR count). The molecule has 0 amide bonds. The number of rotatable bonds is 2. The normalized spacial score (nSPS) is 13.5. The second-order valence-corrected chi connectivity index (χ2v) is 6.29. The van der Waals surface area contributed by atoms with Crippen molar-refractivity contribution in [3.8, 4) is 22.6 Å². The average molecular weight is 275 g/mol. The highest BCUT2D eigenvalue weighted by atomic mass is 32.2. The fraction of sp³-hybridized carbons (Fsp3) is 0.143. The summed E-state index contributed by atoms with van der Waals surface area (Å²) in [7, 11) is -3.17. The SMILES string of the molecule is CS(=O)(=O)c1ccc(-c2[c]cc3c(c2)OCO3)cc1. The topological polar surface area (TPSA) is 52.6 Å². The van der Waals surface area contributed by atoms with Crippen LogP contribution in [0.2, 0.25) is 0 Å². The van der Waals surface area contributed by atoms with Gasteiger partial charge in [-0.05, 0) is 41.5 Å². The van der Waals surface area contributed by atoms with Crippen molar-refractivity contribution >= 4 is 9.84 Å². The molecule has 0 saturated carbocycles. The van der Waals surface area contributed by atoms with Crippen LogP contribution in [0.4, 0.5) is 0 Å². The van der Waals surface area contributed by atoms with Crippen molar-refractivity contribution in [1.29, 1.82) is 0 Å². The predicted octanol–water partition coefficient (Wildman–Crippen LogP) is 2.29. The van der Waals surface area contributed by atoms with Gasteiger partial charge in [0, 0.05) is 6.26 Å². The number of hydrogen-bond acceptors (Lipinski definition) is 4. The van der Waals surface area contributed by atoms with Gasteiger partial charge in [-0.3, -0.25) is 0 Å². The average Bonchev–Trinajstić information content (AvgIpc) is 2.85. The molecule has 2 aromatic carbocycles. The Balaban J connectivity index is 1.99. The Morgan fingerprint density at radius 1 is 1.11 bits per heavy atom. The molecule has 5 heteroatoms. The summed E-state index contributed by atoms with van der Waals surface area (Å²) in [6.07, 6.45) is 1.19. The Hall–Kier alpha value is -2.01. The van der Waals surface area contributed by atoms with Gasteiger partial charge in [0.2, 0.25) is 6.79 Å². The monoisotopic (exact) mass is 275 g/mol. The van der Waals surface area contributed by atoms with Crippen LogP contribution >= 0.6 is 0 Å². The summed E-state index contributed by atoms with van der Waals surface area (Å²) < 4.78 is 33.3. The summed E-state index contributed by atoms with van der Waals surface area (Å²) >= 11 is 0. The van der Waals surface area contributed by atoms with E-state index in [-0.39, 0.29) is 6.79 Å². The smallest absolute Gasteiger partial charge is 0.231 e. The van der Waals surface area contributed by atoms with Gasteiger partial charge in [-0.25, -0.2) is 8.42 Å². The molecule has 0 atom stereocenters. The predicted molar refractivity (Wildman–Crippen MR) is 69.9 cm³/mol. The third kappa shape index (κ3) is 2.29. The van der Waals surface area contributed by atoms with Crippen LogP contribution in [0, 0.1) is 6.07 Å². The minimum Gasteiger partial charge on any atom is -0.454 e. The molecule has 0 bridgehead atoms. The maximum absolute atomic E-state index is 11.4. The summed E-state index contributed by atoms with van der Waals surface area (Å²) in [5.41, 5.74) is 1.72. The van der Waals surface area contributed by atoms with Crippen LogP contribution in [0.5, 0.6) is 11.5 Å². The van der Waals surface area contributed by atoms with Crippen LogP contribution in [0.3, 0.4) is 0 Å². The highest BCUT2D eigenvalue weighted by molar-refractivity contribution is 7.90. The maximum Gasteiger partial charge on any atom is 0.231 e. The van der Waals surface area contributed by atoms with Crippen molar-refractivity contribution in [2.75, 3.05) is 13.0 Å². The van der Waals surface area contributed by atoms with Crippen molar-refractivity contribution in [2.45, 2.75) is 4.90 Å². The number of ether oxygens (including phenoxy) is 2. The first kappa shape index (κ1) is 12.0. The quantitative estimate of drug-likeness (QED) is 0.843. The fourth-order valence-electron chi connectivity index (χ4n) is 1.89. The first-order valence-corrected chi connectivity index (χ1v) is 7.55. The molecule has 0 aliphatic carbocycles. The lowest BCUT2D eigenvalue weighted by atomic mass is 10.1. The molecular weight excluding hydrogens is 264 g/mol. The number of sulfone groups is 1. The third-order valence-electron chi connectivity index (χ3n) is 2.90. The molecule has 19 heavy (non-hydrogen) atoms. The van der Waals surface area contributed by atoms with Crippen molar-refractivity contribution < 1.29 is 17.9 Å². The zero-order chi connectivity index (χ0) is 13.5. The lowest BCUT2D eigenvalue weighted by Crippen LogP contribution is -1.96. The molecule has 1 radical (unpaired) electrons. The van der Waals surface area contributed by atoms with Crippen molar-refractivity contribution in [3.05, 3.63) is 42.5 Å². The number of hydrogen-bond donors (Lipinski definition) is 0.